The fourth-order valence-corrected chi connectivity index (χ4v) is 3.40. The lowest BCUT2D eigenvalue weighted by Crippen LogP contribution is -2.49. The molecule has 0 saturated carbocycles. The Morgan fingerprint density at radius 1 is 0.960 bits per heavy atom. The van der Waals surface area contributed by atoms with E-state index in [1.54, 1.807) is 0 Å². The van der Waals surface area contributed by atoms with Crippen molar-refractivity contribution < 1.29 is 14.3 Å². The maximum Gasteiger partial charge on any atom is 0.257 e. The third-order valence-electron chi connectivity index (χ3n) is 4.73. The highest BCUT2D eigenvalue weighted by molar-refractivity contribution is 5.98. The van der Waals surface area contributed by atoms with Gasteiger partial charge in [0, 0.05) is 31.9 Å². The van der Waals surface area contributed by atoms with Crippen molar-refractivity contribution in [2.24, 2.45) is 0 Å². The molecular formula is C20H22N2O3. The van der Waals surface area contributed by atoms with Crippen LogP contribution in [0.1, 0.15) is 15.9 Å². The van der Waals surface area contributed by atoms with E-state index >= 15 is 0 Å². The van der Waals surface area contributed by atoms with Gasteiger partial charge in [-0.2, -0.15) is 0 Å². The third-order valence-corrected chi connectivity index (χ3v) is 4.73. The molecule has 0 spiro atoms. The average Bonchev–Trinajstić information content (AvgIpc) is 2.67. The standard InChI is InChI=1S/C20H22N2O3/c1-15-4-2-5-16(14-15)21-8-10-22(11-9-21)20(23)17-6-3-7-18-19(17)25-13-12-24-18/h2-7,14H,8-13H2,1H3. The van der Waals surface area contributed by atoms with E-state index < -0.39 is 0 Å². The molecule has 1 saturated heterocycles. The van der Waals surface area contributed by atoms with Crippen LogP contribution in [0.15, 0.2) is 42.5 Å². The van der Waals surface area contributed by atoms with E-state index in [1.807, 2.05) is 23.1 Å². The van der Waals surface area contributed by atoms with E-state index in [2.05, 4.69) is 36.1 Å². The average molecular weight is 338 g/mol. The van der Waals surface area contributed by atoms with Crippen molar-refractivity contribution in [2.75, 3.05) is 44.3 Å². The first kappa shape index (κ1) is 15.8. The molecule has 5 nitrogen and oxygen atoms in total. The minimum atomic E-state index is 0.0197. The van der Waals surface area contributed by atoms with Gasteiger partial charge in [0.1, 0.15) is 13.2 Å². The Morgan fingerprint density at radius 2 is 1.72 bits per heavy atom. The Balaban J connectivity index is 1.47. The quantitative estimate of drug-likeness (QED) is 0.844. The van der Waals surface area contributed by atoms with Crippen molar-refractivity contribution in [1.29, 1.82) is 0 Å². The fraction of sp³-hybridized carbons (Fsp3) is 0.350. The van der Waals surface area contributed by atoms with Crippen LogP contribution in [0.3, 0.4) is 0 Å². The van der Waals surface area contributed by atoms with E-state index in [4.69, 9.17) is 9.47 Å². The number of anilines is 1. The fourth-order valence-electron chi connectivity index (χ4n) is 3.40. The summed E-state index contributed by atoms with van der Waals surface area (Å²) >= 11 is 0. The van der Waals surface area contributed by atoms with Crippen molar-refractivity contribution in [2.45, 2.75) is 6.92 Å². The predicted octanol–water partition coefficient (Wildman–Crippen LogP) is 2.73. The van der Waals surface area contributed by atoms with E-state index in [0.29, 0.717) is 43.4 Å². The summed E-state index contributed by atoms with van der Waals surface area (Å²) in [5.41, 5.74) is 3.08. The number of para-hydroxylation sites is 1. The number of carbonyl (C=O) groups is 1. The molecule has 2 heterocycles. The molecule has 2 aromatic carbocycles. The van der Waals surface area contributed by atoms with Gasteiger partial charge in [0.05, 0.1) is 5.56 Å². The highest BCUT2D eigenvalue weighted by atomic mass is 16.6. The first-order chi connectivity index (χ1) is 12.2. The van der Waals surface area contributed by atoms with Gasteiger partial charge in [0.2, 0.25) is 0 Å². The van der Waals surface area contributed by atoms with Crippen LogP contribution < -0.4 is 14.4 Å². The SMILES string of the molecule is Cc1cccc(N2CCN(C(=O)c3cccc4c3OCCO4)CC2)c1. The highest BCUT2D eigenvalue weighted by Crippen LogP contribution is 2.34. The monoisotopic (exact) mass is 338 g/mol. The van der Waals surface area contributed by atoms with Crippen molar-refractivity contribution in [3.05, 3.63) is 53.6 Å². The number of nitrogens with zero attached hydrogens (tertiary/aromatic N) is 2. The summed E-state index contributed by atoms with van der Waals surface area (Å²) in [7, 11) is 0. The van der Waals surface area contributed by atoms with Crippen LogP contribution in [0, 0.1) is 6.92 Å². The summed E-state index contributed by atoms with van der Waals surface area (Å²) in [5, 5.41) is 0. The number of rotatable bonds is 2. The van der Waals surface area contributed by atoms with Crippen molar-refractivity contribution in [3.8, 4) is 11.5 Å². The predicted molar refractivity (Wildman–Crippen MR) is 96.7 cm³/mol. The molecular weight excluding hydrogens is 316 g/mol. The molecule has 130 valence electrons. The Kier molecular flexibility index (Phi) is 4.22. The molecule has 0 radical (unpaired) electrons. The molecule has 0 N–H and O–H groups in total. The van der Waals surface area contributed by atoms with Crippen LogP contribution in [0.5, 0.6) is 11.5 Å². The molecule has 1 amide bonds. The zero-order valence-corrected chi connectivity index (χ0v) is 14.4. The van der Waals surface area contributed by atoms with E-state index in [1.165, 1.54) is 11.3 Å². The van der Waals surface area contributed by atoms with E-state index in [0.717, 1.165) is 13.1 Å². The molecule has 0 bridgehead atoms. The topological polar surface area (TPSA) is 42.0 Å². The Bertz CT molecular complexity index is 782. The van der Waals surface area contributed by atoms with Gasteiger partial charge in [-0.1, -0.05) is 18.2 Å². The third kappa shape index (κ3) is 3.14. The Hall–Kier alpha value is -2.69. The van der Waals surface area contributed by atoms with Crippen LogP contribution in [-0.2, 0) is 0 Å². The minimum absolute atomic E-state index is 0.0197. The van der Waals surface area contributed by atoms with Gasteiger partial charge in [-0.3, -0.25) is 4.79 Å². The number of ether oxygens (including phenoxy) is 2. The number of aryl methyl sites for hydroxylation is 1. The number of piperazine rings is 1. The number of hydrogen-bond donors (Lipinski definition) is 0. The lowest BCUT2D eigenvalue weighted by Gasteiger charge is -2.36. The molecule has 25 heavy (non-hydrogen) atoms. The Morgan fingerprint density at radius 3 is 2.52 bits per heavy atom. The number of carbonyl (C=O) groups excluding carboxylic acids is 1. The Labute approximate surface area is 147 Å². The molecule has 2 aliphatic heterocycles. The molecule has 0 unspecified atom stereocenters. The smallest absolute Gasteiger partial charge is 0.257 e. The van der Waals surface area contributed by atoms with Gasteiger partial charge in [-0.15, -0.1) is 0 Å². The molecule has 5 heteroatoms. The second kappa shape index (κ2) is 6.67. The second-order valence-corrected chi connectivity index (χ2v) is 6.45. The summed E-state index contributed by atoms with van der Waals surface area (Å²) in [6.07, 6.45) is 0. The van der Waals surface area contributed by atoms with Crippen LogP contribution in [0.4, 0.5) is 5.69 Å². The first-order valence-electron chi connectivity index (χ1n) is 8.72. The van der Waals surface area contributed by atoms with Crippen molar-refractivity contribution >= 4 is 11.6 Å². The van der Waals surface area contributed by atoms with Crippen LogP contribution in [0.25, 0.3) is 0 Å². The number of fused-ring (bicyclic) bond motifs is 1. The van der Waals surface area contributed by atoms with Gasteiger partial charge >= 0.3 is 0 Å². The summed E-state index contributed by atoms with van der Waals surface area (Å²) in [6, 6.07) is 14.0. The van der Waals surface area contributed by atoms with Crippen LogP contribution in [0.2, 0.25) is 0 Å². The van der Waals surface area contributed by atoms with Crippen LogP contribution >= 0.6 is 0 Å². The maximum absolute atomic E-state index is 12.9. The van der Waals surface area contributed by atoms with E-state index in [9.17, 15) is 4.79 Å². The maximum atomic E-state index is 12.9. The van der Waals surface area contributed by atoms with Gasteiger partial charge in [-0.05, 0) is 36.8 Å². The number of hydrogen-bond acceptors (Lipinski definition) is 4. The van der Waals surface area contributed by atoms with Gasteiger partial charge in [0.15, 0.2) is 11.5 Å². The van der Waals surface area contributed by atoms with E-state index in [-0.39, 0.29) is 5.91 Å². The first-order valence-corrected chi connectivity index (χ1v) is 8.72. The lowest BCUT2D eigenvalue weighted by molar-refractivity contribution is 0.0736. The number of benzene rings is 2. The molecule has 0 atom stereocenters. The number of amides is 1. The van der Waals surface area contributed by atoms with Crippen LogP contribution in [-0.4, -0.2) is 50.2 Å². The van der Waals surface area contributed by atoms with Crippen molar-refractivity contribution in [3.63, 3.8) is 0 Å². The summed E-state index contributed by atoms with van der Waals surface area (Å²) in [5.74, 6) is 1.27. The lowest BCUT2D eigenvalue weighted by atomic mass is 10.1. The molecule has 2 aliphatic rings. The summed E-state index contributed by atoms with van der Waals surface area (Å²) in [6.45, 7) is 6.19. The largest absolute Gasteiger partial charge is 0.486 e. The van der Waals surface area contributed by atoms with Gasteiger partial charge in [0.25, 0.3) is 5.91 Å². The summed E-state index contributed by atoms with van der Waals surface area (Å²) in [4.78, 5) is 17.2. The highest BCUT2D eigenvalue weighted by Gasteiger charge is 2.27. The van der Waals surface area contributed by atoms with Crippen molar-refractivity contribution in [1.82, 2.24) is 4.90 Å². The zero-order chi connectivity index (χ0) is 17.2. The molecule has 4 rings (SSSR count). The molecule has 0 aromatic heterocycles. The minimum Gasteiger partial charge on any atom is -0.486 e. The van der Waals surface area contributed by atoms with Gasteiger partial charge in [-0.25, -0.2) is 0 Å². The van der Waals surface area contributed by atoms with Gasteiger partial charge < -0.3 is 19.3 Å². The normalized spacial score (nSPS) is 16.7. The zero-order valence-electron chi connectivity index (χ0n) is 14.4. The molecule has 0 aliphatic carbocycles. The second-order valence-electron chi connectivity index (χ2n) is 6.45. The molecule has 1 fully saturated rings. The molecule has 2 aromatic rings. The summed E-state index contributed by atoms with van der Waals surface area (Å²) < 4.78 is 11.3.